The van der Waals surface area contributed by atoms with Crippen LogP contribution in [0.5, 0.6) is 5.75 Å². The summed E-state index contributed by atoms with van der Waals surface area (Å²) < 4.78 is 23.1. The molecule has 0 saturated carbocycles. The van der Waals surface area contributed by atoms with Gasteiger partial charge in [-0.15, -0.1) is 0 Å². The minimum atomic E-state index is -1.44. The number of carbonyl (C=O) groups is 2. The minimum absolute atomic E-state index is 0.334. The number of alkyl halides is 1. The molecule has 2 aromatic carbocycles. The third-order valence-corrected chi connectivity index (χ3v) is 5.04. The van der Waals surface area contributed by atoms with E-state index in [2.05, 4.69) is 10.4 Å². The fourth-order valence-electron chi connectivity index (χ4n) is 3.42. The van der Waals surface area contributed by atoms with E-state index in [-0.39, 0.29) is 0 Å². The number of nitrogens with zero attached hydrogens (tertiary/aromatic N) is 2. The van der Waals surface area contributed by atoms with Crippen LogP contribution >= 0.6 is 0 Å². The van der Waals surface area contributed by atoms with E-state index in [1.807, 2.05) is 18.2 Å². The first-order valence-corrected chi connectivity index (χ1v) is 9.71. The van der Waals surface area contributed by atoms with Crippen molar-refractivity contribution >= 4 is 28.9 Å². The smallest absolute Gasteiger partial charge is 0.265 e. The molecule has 156 valence electrons. The van der Waals surface area contributed by atoms with Crippen LogP contribution in [0.25, 0.3) is 0 Å². The molecule has 0 aliphatic carbocycles. The van der Waals surface area contributed by atoms with Crippen LogP contribution in [-0.2, 0) is 14.3 Å². The number of amides is 2. The van der Waals surface area contributed by atoms with Crippen molar-refractivity contribution in [1.29, 1.82) is 0 Å². The second-order valence-corrected chi connectivity index (χ2v) is 7.33. The lowest BCUT2D eigenvalue weighted by atomic mass is 9.97. The second kappa shape index (κ2) is 8.23. The zero-order chi connectivity index (χ0) is 21.3. The molecule has 4 rings (SSSR count). The van der Waals surface area contributed by atoms with E-state index in [4.69, 9.17) is 9.47 Å². The van der Waals surface area contributed by atoms with Gasteiger partial charge in [0.25, 0.3) is 5.91 Å². The van der Waals surface area contributed by atoms with Crippen LogP contribution in [0.4, 0.5) is 15.8 Å². The molecule has 0 spiro atoms. The lowest BCUT2D eigenvalue weighted by Gasteiger charge is -2.26. The Bertz CT molecular complexity index is 986. The van der Waals surface area contributed by atoms with Gasteiger partial charge in [0.2, 0.25) is 12.3 Å². The lowest BCUT2D eigenvalue weighted by molar-refractivity contribution is -0.127. The Kier molecular flexibility index (Phi) is 5.50. The van der Waals surface area contributed by atoms with Crippen molar-refractivity contribution in [3.05, 3.63) is 54.1 Å². The third kappa shape index (κ3) is 4.04. The third-order valence-electron chi connectivity index (χ3n) is 5.04. The molecular formula is C22H22FN3O4. The summed E-state index contributed by atoms with van der Waals surface area (Å²) >= 11 is 0. The van der Waals surface area contributed by atoms with Crippen molar-refractivity contribution in [3.8, 4) is 5.75 Å². The summed E-state index contributed by atoms with van der Waals surface area (Å²) in [6.45, 7) is 4.28. The van der Waals surface area contributed by atoms with Crippen LogP contribution in [0.15, 0.2) is 53.6 Å². The molecule has 2 atom stereocenters. The molecule has 2 aliphatic heterocycles. The summed E-state index contributed by atoms with van der Waals surface area (Å²) in [4.78, 5) is 25.7. The number of carbonyl (C=O) groups excluding carboxylic acids is 2. The van der Waals surface area contributed by atoms with Gasteiger partial charge in [-0.3, -0.25) is 9.59 Å². The fourth-order valence-corrected chi connectivity index (χ4v) is 3.42. The van der Waals surface area contributed by atoms with Gasteiger partial charge in [-0.1, -0.05) is 12.1 Å². The molecule has 2 unspecified atom stereocenters. The molecule has 1 saturated heterocycles. The molecule has 2 aliphatic rings. The molecule has 2 aromatic rings. The number of ether oxygens (including phenoxy) is 2. The highest BCUT2D eigenvalue weighted by Gasteiger charge is 2.39. The van der Waals surface area contributed by atoms with Crippen molar-refractivity contribution in [2.45, 2.75) is 26.1 Å². The number of halogens is 1. The summed E-state index contributed by atoms with van der Waals surface area (Å²) in [5.74, 6) is -1.21. The zero-order valence-corrected chi connectivity index (χ0v) is 16.7. The number of hydrazone groups is 1. The number of rotatable bonds is 6. The van der Waals surface area contributed by atoms with Crippen LogP contribution in [0.1, 0.15) is 25.3 Å². The molecule has 7 nitrogen and oxygen atoms in total. The quantitative estimate of drug-likeness (QED) is 0.738. The summed E-state index contributed by atoms with van der Waals surface area (Å²) in [7, 11) is 0. The van der Waals surface area contributed by atoms with Crippen molar-refractivity contribution < 1.29 is 23.5 Å². The average Bonchev–Trinajstić information content (AvgIpc) is 2.95. The van der Waals surface area contributed by atoms with E-state index in [1.165, 1.54) is 11.9 Å². The number of hydrogen-bond donors (Lipinski definition) is 1. The number of benzene rings is 2. The summed E-state index contributed by atoms with van der Waals surface area (Å²) in [6.07, 6.45) is -1.44. The molecule has 0 aromatic heterocycles. The maximum atomic E-state index is 13.0. The van der Waals surface area contributed by atoms with Crippen LogP contribution < -0.4 is 15.1 Å². The molecule has 2 heterocycles. The van der Waals surface area contributed by atoms with E-state index < -0.39 is 24.1 Å². The monoisotopic (exact) mass is 411 g/mol. The summed E-state index contributed by atoms with van der Waals surface area (Å²) in [5.41, 5.74) is 2.60. The van der Waals surface area contributed by atoms with Gasteiger partial charge in [0.15, 0.2) is 5.92 Å². The van der Waals surface area contributed by atoms with E-state index in [0.717, 1.165) is 5.56 Å². The van der Waals surface area contributed by atoms with Crippen LogP contribution in [0.2, 0.25) is 0 Å². The van der Waals surface area contributed by atoms with Gasteiger partial charge in [0.05, 0.1) is 24.6 Å². The highest BCUT2D eigenvalue weighted by molar-refractivity contribution is 6.28. The van der Waals surface area contributed by atoms with Crippen molar-refractivity contribution in [3.63, 3.8) is 0 Å². The Morgan fingerprint density at radius 2 is 2.00 bits per heavy atom. The van der Waals surface area contributed by atoms with Gasteiger partial charge >= 0.3 is 0 Å². The highest BCUT2D eigenvalue weighted by Crippen LogP contribution is 2.29. The summed E-state index contributed by atoms with van der Waals surface area (Å²) in [6, 6.07) is 13.8. The lowest BCUT2D eigenvalue weighted by Crippen LogP contribution is -2.36. The Hall–Kier alpha value is -3.26. The minimum Gasteiger partial charge on any atom is -0.461 e. The van der Waals surface area contributed by atoms with Gasteiger partial charge in [0.1, 0.15) is 5.75 Å². The van der Waals surface area contributed by atoms with Gasteiger partial charge in [-0.05, 0) is 48.9 Å². The normalized spacial score (nSPS) is 19.8. The molecule has 1 fully saturated rings. The van der Waals surface area contributed by atoms with Crippen molar-refractivity contribution in [2.24, 2.45) is 11.0 Å². The maximum absolute atomic E-state index is 13.0. The number of nitrogens with one attached hydrogen (secondary N) is 1. The molecule has 8 heteroatoms. The van der Waals surface area contributed by atoms with E-state index >= 15 is 0 Å². The SMILES string of the molecule is CC1=NN(c2ccc(OC(C)F)cc2)C(=O)C1C(=O)Nc1cccc(C2COC2)c1. The Balaban J connectivity index is 1.46. The predicted octanol–water partition coefficient (Wildman–Crippen LogP) is 3.47. The van der Waals surface area contributed by atoms with Crippen LogP contribution in [0.3, 0.4) is 0 Å². The van der Waals surface area contributed by atoms with Crippen molar-refractivity contribution in [2.75, 3.05) is 23.5 Å². The largest absolute Gasteiger partial charge is 0.461 e. The highest BCUT2D eigenvalue weighted by atomic mass is 19.1. The number of hydrogen-bond acceptors (Lipinski definition) is 5. The Morgan fingerprint density at radius 1 is 1.27 bits per heavy atom. The van der Waals surface area contributed by atoms with E-state index in [1.54, 1.807) is 37.3 Å². The molecule has 0 radical (unpaired) electrons. The predicted molar refractivity (Wildman–Crippen MR) is 110 cm³/mol. The topological polar surface area (TPSA) is 80.2 Å². The number of anilines is 2. The molecule has 30 heavy (non-hydrogen) atoms. The van der Waals surface area contributed by atoms with Crippen LogP contribution in [0, 0.1) is 5.92 Å². The molecular weight excluding hydrogens is 389 g/mol. The van der Waals surface area contributed by atoms with Gasteiger partial charge in [0, 0.05) is 18.5 Å². The Morgan fingerprint density at radius 3 is 2.63 bits per heavy atom. The summed E-state index contributed by atoms with van der Waals surface area (Å²) in [5, 5.41) is 8.26. The fraction of sp³-hybridized carbons (Fsp3) is 0.318. The second-order valence-electron chi connectivity index (χ2n) is 7.33. The zero-order valence-electron chi connectivity index (χ0n) is 16.7. The molecule has 0 bridgehead atoms. The standard InChI is InChI=1S/C22H22FN3O4/c1-13-20(21(27)24-17-5-3-4-15(10-17)16-11-29-12-16)22(28)26(25-13)18-6-8-19(9-7-18)30-14(2)23/h3-10,14,16,20H,11-12H2,1-2H3,(H,24,27). The van der Waals surface area contributed by atoms with E-state index in [0.29, 0.717) is 42.0 Å². The first-order chi connectivity index (χ1) is 14.4. The van der Waals surface area contributed by atoms with Gasteiger partial charge < -0.3 is 14.8 Å². The van der Waals surface area contributed by atoms with Crippen LogP contribution in [-0.4, -0.2) is 37.1 Å². The molecule has 1 N–H and O–H groups in total. The van der Waals surface area contributed by atoms with Crippen molar-refractivity contribution in [1.82, 2.24) is 0 Å². The molecule has 2 amide bonds. The average molecular weight is 411 g/mol. The first kappa shape index (κ1) is 20.0. The Labute approximate surface area is 173 Å². The first-order valence-electron chi connectivity index (χ1n) is 9.71. The van der Waals surface area contributed by atoms with E-state index in [9.17, 15) is 14.0 Å². The van der Waals surface area contributed by atoms with Gasteiger partial charge in [-0.2, -0.15) is 10.1 Å². The maximum Gasteiger partial charge on any atom is 0.265 e. The van der Waals surface area contributed by atoms with Gasteiger partial charge in [-0.25, -0.2) is 4.39 Å².